The number of hydrogen-bond donors (Lipinski definition) is 1. The molecule has 0 bridgehead atoms. The third kappa shape index (κ3) is 2.80. The smallest absolute Gasteiger partial charge is 0.182 e. The summed E-state index contributed by atoms with van der Waals surface area (Å²) in [5, 5.41) is 12.1. The van der Waals surface area contributed by atoms with E-state index in [1.807, 2.05) is 24.6 Å². The second-order valence-electron chi connectivity index (χ2n) is 5.10. The van der Waals surface area contributed by atoms with Crippen LogP contribution in [0, 0.1) is 13.8 Å². The number of nitrogens with zero attached hydrogens (tertiary/aromatic N) is 4. The topological polar surface area (TPSA) is 78.8 Å². The van der Waals surface area contributed by atoms with Crippen LogP contribution >= 0.6 is 0 Å². The highest BCUT2D eigenvalue weighted by Crippen LogP contribution is 2.27. The normalized spacial score (nSPS) is 12.6. The third-order valence-corrected chi connectivity index (χ3v) is 3.50. The van der Waals surface area contributed by atoms with Gasteiger partial charge < -0.3 is 10.5 Å². The van der Waals surface area contributed by atoms with Crippen molar-refractivity contribution in [2.24, 2.45) is 0 Å². The van der Waals surface area contributed by atoms with Gasteiger partial charge in [0, 0.05) is 25.0 Å². The maximum Gasteiger partial charge on any atom is 0.182 e. The average molecular weight is 275 g/mol. The van der Waals surface area contributed by atoms with Gasteiger partial charge in [0.05, 0.1) is 6.04 Å². The molecule has 1 aromatic heterocycles. The van der Waals surface area contributed by atoms with Crippen LogP contribution in [-0.4, -0.2) is 33.9 Å². The van der Waals surface area contributed by atoms with Gasteiger partial charge in [0.2, 0.25) is 0 Å². The molecule has 108 valence electrons. The Kier molecular flexibility index (Phi) is 4.34. The number of anilines is 1. The van der Waals surface area contributed by atoms with Crippen LogP contribution in [0.3, 0.4) is 0 Å². The van der Waals surface area contributed by atoms with Crippen molar-refractivity contribution in [1.29, 1.82) is 0 Å². The fourth-order valence-corrected chi connectivity index (χ4v) is 2.19. The Morgan fingerprint density at radius 2 is 2.05 bits per heavy atom. The SMILES string of the molecule is COCCC(C)n1nnnc1-c1cc(N)c(C)cc1C. The second kappa shape index (κ2) is 6.00. The Balaban J connectivity index is 2.39. The highest BCUT2D eigenvalue weighted by atomic mass is 16.5. The van der Waals surface area contributed by atoms with Crippen molar-refractivity contribution < 1.29 is 4.74 Å². The van der Waals surface area contributed by atoms with E-state index in [1.54, 1.807) is 7.11 Å². The number of aromatic nitrogens is 4. The number of rotatable bonds is 5. The van der Waals surface area contributed by atoms with Crippen molar-refractivity contribution in [1.82, 2.24) is 20.2 Å². The van der Waals surface area contributed by atoms with Gasteiger partial charge >= 0.3 is 0 Å². The molecule has 2 aromatic rings. The lowest BCUT2D eigenvalue weighted by atomic mass is 10.0. The van der Waals surface area contributed by atoms with Gasteiger partial charge in [-0.25, -0.2) is 4.68 Å². The molecular weight excluding hydrogens is 254 g/mol. The first-order valence-electron chi connectivity index (χ1n) is 6.68. The van der Waals surface area contributed by atoms with Gasteiger partial charge in [0.25, 0.3) is 0 Å². The minimum absolute atomic E-state index is 0.168. The maximum atomic E-state index is 6.00. The summed E-state index contributed by atoms with van der Waals surface area (Å²) in [4.78, 5) is 0. The van der Waals surface area contributed by atoms with E-state index in [4.69, 9.17) is 10.5 Å². The minimum atomic E-state index is 0.168. The van der Waals surface area contributed by atoms with Gasteiger partial charge in [-0.05, 0) is 54.8 Å². The molecule has 1 heterocycles. The molecule has 1 unspecified atom stereocenters. The zero-order valence-corrected chi connectivity index (χ0v) is 12.4. The van der Waals surface area contributed by atoms with Gasteiger partial charge in [0.1, 0.15) is 0 Å². The number of nitrogen functional groups attached to an aromatic ring is 1. The fraction of sp³-hybridized carbons (Fsp3) is 0.500. The summed E-state index contributed by atoms with van der Waals surface area (Å²) in [6.07, 6.45) is 0.856. The van der Waals surface area contributed by atoms with E-state index in [2.05, 4.69) is 28.5 Å². The van der Waals surface area contributed by atoms with Crippen molar-refractivity contribution in [3.8, 4) is 11.4 Å². The lowest BCUT2D eigenvalue weighted by molar-refractivity contribution is 0.178. The maximum absolute atomic E-state index is 6.00. The number of tetrazole rings is 1. The number of nitrogens with two attached hydrogens (primary N) is 1. The van der Waals surface area contributed by atoms with Crippen LogP contribution in [0.1, 0.15) is 30.5 Å². The van der Waals surface area contributed by atoms with Crippen LogP contribution in [0.5, 0.6) is 0 Å². The number of hydrogen-bond acceptors (Lipinski definition) is 5. The van der Waals surface area contributed by atoms with E-state index in [0.717, 1.165) is 34.6 Å². The van der Waals surface area contributed by atoms with E-state index in [-0.39, 0.29) is 6.04 Å². The number of ether oxygens (including phenoxy) is 1. The van der Waals surface area contributed by atoms with Crippen LogP contribution < -0.4 is 5.73 Å². The minimum Gasteiger partial charge on any atom is -0.398 e. The Labute approximate surface area is 118 Å². The van der Waals surface area contributed by atoms with E-state index < -0.39 is 0 Å². The third-order valence-electron chi connectivity index (χ3n) is 3.50. The molecule has 0 spiro atoms. The predicted octanol–water partition coefficient (Wildman–Crippen LogP) is 2.14. The van der Waals surface area contributed by atoms with E-state index in [9.17, 15) is 0 Å². The molecule has 0 aliphatic rings. The van der Waals surface area contributed by atoms with Crippen molar-refractivity contribution in [3.05, 3.63) is 23.3 Å². The van der Waals surface area contributed by atoms with Gasteiger partial charge in [-0.1, -0.05) is 6.07 Å². The molecule has 0 fully saturated rings. The molecule has 1 atom stereocenters. The molecule has 6 nitrogen and oxygen atoms in total. The van der Waals surface area contributed by atoms with Crippen LogP contribution in [0.2, 0.25) is 0 Å². The molecule has 0 aliphatic carbocycles. The van der Waals surface area contributed by atoms with Gasteiger partial charge in [-0.2, -0.15) is 0 Å². The molecule has 0 aliphatic heterocycles. The Hall–Kier alpha value is -1.95. The summed E-state index contributed by atoms with van der Waals surface area (Å²) in [6, 6.07) is 4.17. The molecular formula is C14H21N5O. The monoisotopic (exact) mass is 275 g/mol. The molecule has 0 saturated heterocycles. The quantitative estimate of drug-likeness (QED) is 0.846. The van der Waals surface area contributed by atoms with Crippen LogP contribution in [0.15, 0.2) is 12.1 Å². The standard InChI is InChI=1S/C14H21N5O/c1-9-7-10(2)13(15)8-12(9)14-16-17-18-19(14)11(3)5-6-20-4/h7-8,11H,5-6,15H2,1-4H3. The van der Waals surface area contributed by atoms with E-state index in [1.165, 1.54) is 0 Å². The van der Waals surface area contributed by atoms with E-state index in [0.29, 0.717) is 6.61 Å². The summed E-state index contributed by atoms with van der Waals surface area (Å²) in [5.74, 6) is 0.748. The first-order chi connectivity index (χ1) is 9.54. The lowest BCUT2D eigenvalue weighted by Gasteiger charge is -2.14. The lowest BCUT2D eigenvalue weighted by Crippen LogP contribution is -2.12. The molecule has 1 aromatic carbocycles. The second-order valence-corrected chi connectivity index (χ2v) is 5.10. The summed E-state index contributed by atoms with van der Waals surface area (Å²) in [7, 11) is 1.69. The number of benzene rings is 1. The molecule has 6 heteroatoms. The number of methoxy groups -OCH3 is 1. The molecule has 0 amide bonds. The zero-order chi connectivity index (χ0) is 14.7. The Morgan fingerprint density at radius 1 is 1.30 bits per heavy atom. The molecule has 20 heavy (non-hydrogen) atoms. The highest BCUT2D eigenvalue weighted by molar-refractivity contribution is 5.67. The van der Waals surface area contributed by atoms with Crippen molar-refractivity contribution in [2.75, 3.05) is 19.5 Å². The van der Waals surface area contributed by atoms with Crippen LogP contribution in [-0.2, 0) is 4.74 Å². The largest absolute Gasteiger partial charge is 0.398 e. The van der Waals surface area contributed by atoms with Crippen molar-refractivity contribution in [2.45, 2.75) is 33.2 Å². The first kappa shape index (κ1) is 14.5. The highest BCUT2D eigenvalue weighted by Gasteiger charge is 2.17. The molecule has 0 saturated carbocycles. The summed E-state index contributed by atoms with van der Waals surface area (Å²) in [5.41, 5.74) is 9.92. The van der Waals surface area contributed by atoms with Gasteiger partial charge in [0.15, 0.2) is 5.82 Å². The summed E-state index contributed by atoms with van der Waals surface area (Å²) < 4.78 is 6.94. The fourth-order valence-electron chi connectivity index (χ4n) is 2.19. The predicted molar refractivity (Wildman–Crippen MR) is 78.3 cm³/mol. The Morgan fingerprint density at radius 3 is 2.75 bits per heavy atom. The zero-order valence-electron chi connectivity index (χ0n) is 12.4. The van der Waals surface area contributed by atoms with Gasteiger partial charge in [-0.3, -0.25) is 0 Å². The summed E-state index contributed by atoms with van der Waals surface area (Å²) in [6.45, 7) is 6.79. The van der Waals surface area contributed by atoms with Crippen LogP contribution in [0.25, 0.3) is 11.4 Å². The van der Waals surface area contributed by atoms with Gasteiger partial charge in [-0.15, -0.1) is 5.10 Å². The molecule has 0 radical (unpaired) electrons. The molecule has 2 N–H and O–H groups in total. The van der Waals surface area contributed by atoms with Crippen LogP contribution in [0.4, 0.5) is 5.69 Å². The number of aryl methyl sites for hydroxylation is 2. The summed E-state index contributed by atoms with van der Waals surface area (Å²) >= 11 is 0. The molecule has 2 rings (SSSR count). The van der Waals surface area contributed by atoms with Crippen molar-refractivity contribution in [3.63, 3.8) is 0 Å². The average Bonchev–Trinajstić information content (AvgIpc) is 2.89. The van der Waals surface area contributed by atoms with E-state index >= 15 is 0 Å². The first-order valence-corrected chi connectivity index (χ1v) is 6.68. The Bertz CT molecular complexity index is 593. The van der Waals surface area contributed by atoms with Crippen molar-refractivity contribution >= 4 is 5.69 Å².